The van der Waals surface area contributed by atoms with Crippen LogP contribution in [0.1, 0.15) is 11.9 Å². The van der Waals surface area contributed by atoms with Gasteiger partial charge in [0.25, 0.3) is 0 Å². The zero-order valence-electron chi connectivity index (χ0n) is 9.59. The molecule has 0 aliphatic carbocycles. The van der Waals surface area contributed by atoms with Crippen LogP contribution in [-0.2, 0) is 0 Å². The van der Waals surface area contributed by atoms with Gasteiger partial charge in [-0.05, 0) is 0 Å². The molecule has 2 aromatic rings. The highest BCUT2D eigenvalue weighted by Gasteiger charge is 2.28. The Morgan fingerprint density at radius 1 is 1.16 bits per heavy atom. The molecule has 8 heteroatoms. The summed E-state index contributed by atoms with van der Waals surface area (Å²) in [7, 11) is 0. The van der Waals surface area contributed by atoms with Gasteiger partial charge in [0.2, 0.25) is 0 Å². The fraction of sp³-hybridized carbons (Fsp3) is 0.364. The summed E-state index contributed by atoms with van der Waals surface area (Å²) in [5, 5.41) is 37.1. The SMILES string of the molecule is OC[C@@H](O)C(O)C(O)c1nc2cc(F)c(F)cc2[nH]1. The van der Waals surface area contributed by atoms with Gasteiger partial charge >= 0.3 is 0 Å². The van der Waals surface area contributed by atoms with Crippen molar-refractivity contribution in [1.82, 2.24) is 9.97 Å². The van der Waals surface area contributed by atoms with Gasteiger partial charge in [0.15, 0.2) is 11.6 Å². The van der Waals surface area contributed by atoms with Crippen molar-refractivity contribution in [2.24, 2.45) is 0 Å². The second kappa shape index (κ2) is 5.17. The zero-order valence-corrected chi connectivity index (χ0v) is 9.59. The van der Waals surface area contributed by atoms with E-state index in [-0.39, 0.29) is 16.9 Å². The Balaban J connectivity index is 2.35. The van der Waals surface area contributed by atoms with Crippen LogP contribution < -0.4 is 0 Å². The summed E-state index contributed by atoms with van der Waals surface area (Å²) in [6.07, 6.45) is -4.86. The third-order valence-corrected chi connectivity index (χ3v) is 2.73. The van der Waals surface area contributed by atoms with E-state index in [4.69, 9.17) is 5.11 Å². The summed E-state index contributed by atoms with van der Waals surface area (Å²) in [5.74, 6) is -2.33. The number of aromatic nitrogens is 2. The van der Waals surface area contributed by atoms with Crippen molar-refractivity contribution in [2.75, 3.05) is 6.61 Å². The number of nitrogens with one attached hydrogen (secondary N) is 1. The fourth-order valence-electron chi connectivity index (χ4n) is 1.64. The van der Waals surface area contributed by atoms with Crippen LogP contribution in [0.3, 0.4) is 0 Å². The van der Waals surface area contributed by atoms with Crippen LogP contribution in [0.4, 0.5) is 8.78 Å². The highest BCUT2D eigenvalue weighted by molar-refractivity contribution is 5.75. The molecule has 2 unspecified atom stereocenters. The molecule has 0 radical (unpaired) electrons. The molecule has 1 aromatic heterocycles. The molecule has 0 bridgehead atoms. The van der Waals surface area contributed by atoms with Crippen LogP contribution in [0.25, 0.3) is 11.0 Å². The molecule has 0 aliphatic heterocycles. The van der Waals surface area contributed by atoms with E-state index in [2.05, 4.69) is 9.97 Å². The van der Waals surface area contributed by atoms with Crippen molar-refractivity contribution in [3.8, 4) is 0 Å². The van der Waals surface area contributed by atoms with E-state index in [0.29, 0.717) is 0 Å². The van der Waals surface area contributed by atoms with Crippen LogP contribution in [-0.4, -0.2) is 49.2 Å². The third-order valence-electron chi connectivity index (χ3n) is 2.73. The zero-order chi connectivity index (χ0) is 14.2. The lowest BCUT2D eigenvalue weighted by Crippen LogP contribution is -2.35. The topological polar surface area (TPSA) is 110 Å². The van der Waals surface area contributed by atoms with Crippen molar-refractivity contribution in [1.29, 1.82) is 0 Å². The number of H-pyrrole nitrogens is 1. The minimum atomic E-state index is -1.68. The summed E-state index contributed by atoms with van der Waals surface area (Å²) >= 11 is 0. The Morgan fingerprint density at radius 3 is 2.42 bits per heavy atom. The maximum Gasteiger partial charge on any atom is 0.161 e. The first-order valence-corrected chi connectivity index (χ1v) is 5.43. The number of imidazole rings is 1. The second-order valence-corrected chi connectivity index (χ2v) is 4.09. The third kappa shape index (κ3) is 2.56. The van der Waals surface area contributed by atoms with Crippen molar-refractivity contribution in [3.05, 3.63) is 29.6 Å². The standard InChI is InChI=1S/C11H12F2N2O4/c12-4-1-6-7(2-5(4)13)15-11(14-6)10(19)9(18)8(17)3-16/h1-2,8-10,16-19H,3H2,(H,14,15)/t8-,9?,10?/m1/s1. The monoisotopic (exact) mass is 274 g/mol. The number of aliphatic hydroxyl groups excluding tert-OH is 4. The minimum absolute atomic E-state index is 0.0682. The van der Waals surface area contributed by atoms with E-state index in [1.807, 2.05) is 0 Å². The first-order chi connectivity index (χ1) is 8.93. The largest absolute Gasteiger partial charge is 0.394 e. The van der Waals surface area contributed by atoms with Crippen molar-refractivity contribution in [2.45, 2.75) is 18.3 Å². The smallest absolute Gasteiger partial charge is 0.161 e. The average molecular weight is 274 g/mol. The van der Waals surface area contributed by atoms with Crippen molar-refractivity contribution in [3.63, 3.8) is 0 Å². The van der Waals surface area contributed by atoms with Gasteiger partial charge in [-0.15, -0.1) is 0 Å². The lowest BCUT2D eigenvalue weighted by Gasteiger charge is -2.19. The second-order valence-electron chi connectivity index (χ2n) is 4.09. The predicted molar refractivity (Wildman–Crippen MR) is 60.1 cm³/mol. The van der Waals surface area contributed by atoms with E-state index in [1.54, 1.807) is 0 Å². The molecule has 0 fully saturated rings. The maximum atomic E-state index is 13.0. The Kier molecular flexibility index (Phi) is 3.76. The number of aromatic amines is 1. The number of hydrogen-bond acceptors (Lipinski definition) is 5. The summed E-state index contributed by atoms with van der Waals surface area (Å²) in [6, 6.07) is 1.70. The molecule has 1 heterocycles. The fourth-order valence-corrected chi connectivity index (χ4v) is 1.64. The molecule has 0 saturated carbocycles. The summed E-state index contributed by atoms with van der Waals surface area (Å²) in [5.41, 5.74) is 0.206. The lowest BCUT2D eigenvalue weighted by atomic mass is 10.1. The van der Waals surface area contributed by atoms with Gasteiger partial charge in [-0.2, -0.15) is 0 Å². The molecule has 0 aliphatic rings. The molecule has 0 spiro atoms. The molecule has 104 valence electrons. The number of halogens is 2. The molecular formula is C11H12F2N2O4. The van der Waals surface area contributed by atoms with Gasteiger partial charge in [-0.1, -0.05) is 0 Å². The Bertz CT molecular complexity index is 550. The first kappa shape index (κ1) is 13.8. The number of benzene rings is 1. The summed E-state index contributed by atoms with van der Waals surface area (Å²) in [6.45, 7) is -0.748. The Labute approximate surface area is 106 Å². The van der Waals surface area contributed by atoms with Crippen LogP contribution in [0, 0.1) is 11.6 Å². The van der Waals surface area contributed by atoms with Gasteiger partial charge in [-0.25, -0.2) is 13.8 Å². The highest BCUT2D eigenvalue weighted by Crippen LogP contribution is 2.22. The molecule has 0 amide bonds. The number of aliphatic hydroxyl groups is 4. The van der Waals surface area contributed by atoms with Gasteiger partial charge < -0.3 is 25.4 Å². The maximum absolute atomic E-state index is 13.0. The van der Waals surface area contributed by atoms with E-state index >= 15 is 0 Å². The Morgan fingerprint density at radius 2 is 1.79 bits per heavy atom. The van der Waals surface area contributed by atoms with Gasteiger partial charge in [0.1, 0.15) is 24.1 Å². The molecular weight excluding hydrogens is 262 g/mol. The quantitative estimate of drug-likeness (QED) is 0.520. The average Bonchev–Trinajstić information content (AvgIpc) is 2.79. The number of hydrogen-bond donors (Lipinski definition) is 5. The molecule has 6 nitrogen and oxygen atoms in total. The Hall–Kier alpha value is -1.61. The first-order valence-electron chi connectivity index (χ1n) is 5.43. The number of nitrogens with zero attached hydrogens (tertiary/aromatic N) is 1. The van der Waals surface area contributed by atoms with Gasteiger partial charge in [-0.3, -0.25) is 0 Å². The van der Waals surface area contributed by atoms with Crippen LogP contribution >= 0.6 is 0 Å². The van der Waals surface area contributed by atoms with E-state index in [9.17, 15) is 24.1 Å². The molecule has 1 aromatic carbocycles. The minimum Gasteiger partial charge on any atom is -0.394 e. The number of fused-ring (bicyclic) bond motifs is 1. The molecule has 19 heavy (non-hydrogen) atoms. The highest BCUT2D eigenvalue weighted by atomic mass is 19.2. The van der Waals surface area contributed by atoms with E-state index in [1.165, 1.54) is 0 Å². The van der Waals surface area contributed by atoms with Crippen LogP contribution in [0.15, 0.2) is 12.1 Å². The van der Waals surface area contributed by atoms with Gasteiger partial charge in [0.05, 0.1) is 17.6 Å². The molecule has 3 atom stereocenters. The molecule has 0 saturated heterocycles. The van der Waals surface area contributed by atoms with Crippen molar-refractivity contribution >= 4 is 11.0 Å². The lowest BCUT2D eigenvalue weighted by molar-refractivity contribution is -0.0800. The van der Waals surface area contributed by atoms with Crippen molar-refractivity contribution < 1.29 is 29.2 Å². The van der Waals surface area contributed by atoms with E-state index < -0.39 is 36.6 Å². The molecule has 2 rings (SSSR count). The molecule has 5 N–H and O–H groups in total. The van der Waals surface area contributed by atoms with Gasteiger partial charge in [0, 0.05) is 12.1 Å². The normalized spacial score (nSPS) is 16.5. The van der Waals surface area contributed by atoms with Crippen LogP contribution in [0.5, 0.6) is 0 Å². The summed E-state index contributed by atoms with van der Waals surface area (Å²) in [4.78, 5) is 6.29. The predicted octanol–water partition coefficient (Wildman–Crippen LogP) is -0.411. The number of rotatable bonds is 4. The van der Waals surface area contributed by atoms with E-state index in [0.717, 1.165) is 12.1 Å². The van der Waals surface area contributed by atoms with Crippen LogP contribution in [0.2, 0.25) is 0 Å². The summed E-state index contributed by atoms with van der Waals surface area (Å²) < 4.78 is 26.0.